The number of carbonyl (C=O) groups is 2. The van der Waals surface area contributed by atoms with Gasteiger partial charge >= 0.3 is 0 Å². The molecule has 1 aromatic rings. The summed E-state index contributed by atoms with van der Waals surface area (Å²) in [7, 11) is 0. The van der Waals surface area contributed by atoms with Crippen molar-refractivity contribution in [3.05, 3.63) is 41.1 Å². The molecule has 1 fully saturated rings. The number of hydrogen-bond acceptors (Lipinski definition) is 3. The summed E-state index contributed by atoms with van der Waals surface area (Å²) in [6.07, 6.45) is 3.61. The first-order valence-corrected chi connectivity index (χ1v) is 7.71. The molecule has 2 aliphatic rings. The Bertz CT molecular complexity index is 612. The van der Waals surface area contributed by atoms with Gasteiger partial charge in [-0.25, -0.2) is 0 Å². The zero-order valence-corrected chi connectivity index (χ0v) is 12.8. The van der Waals surface area contributed by atoms with Gasteiger partial charge < -0.3 is 15.0 Å². The predicted molar refractivity (Wildman–Crippen MR) is 83.6 cm³/mol. The Morgan fingerprint density at radius 3 is 2.77 bits per heavy atom. The number of ether oxygens (including phenoxy) is 1. The van der Waals surface area contributed by atoms with Gasteiger partial charge in [0.25, 0.3) is 5.91 Å². The second-order valence-corrected chi connectivity index (χ2v) is 5.83. The lowest BCUT2D eigenvalue weighted by molar-refractivity contribution is -0.124. The molecule has 1 atom stereocenters. The van der Waals surface area contributed by atoms with Crippen molar-refractivity contribution in [2.75, 3.05) is 18.1 Å². The molecule has 22 heavy (non-hydrogen) atoms. The van der Waals surface area contributed by atoms with Crippen LogP contribution in [0.4, 0.5) is 5.69 Å². The molecular weight excluding hydrogens is 304 g/mol. The van der Waals surface area contributed by atoms with Crippen molar-refractivity contribution in [1.29, 1.82) is 0 Å². The Hall–Kier alpha value is -2.01. The van der Waals surface area contributed by atoms with Gasteiger partial charge in [0.05, 0.1) is 18.4 Å². The van der Waals surface area contributed by atoms with Crippen molar-refractivity contribution in [2.24, 2.45) is 0 Å². The van der Waals surface area contributed by atoms with Crippen LogP contribution in [0.2, 0.25) is 5.02 Å². The molecular formula is C16H17ClN2O3. The summed E-state index contributed by atoms with van der Waals surface area (Å²) in [6.45, 7) is 1.23. The second-order valence-electron chi connectivity index (χ2n) is 5.40. The summed E-state index contributed by atoms with van der Waals surface area (Å²) in [5.74, 6) is -0.302. The number of halogens is 1. The van der Waals surface area contributed by atoms with Crippen LogP contribution in [-0.4, -0.2) is 31.0 Å². The minimum atomic E-state index is -0.481. The zero-order chi connectivity index (χ0) is 15.5. The van der Waals surface area contributed by atoms with E-state index >= 15 is 0 Å². The molecule has 3 rings (SSSR count). The van der Waals surface area contributed by atoms with Crippen LogP contribution in [0.25, 0.3) is 0 Å². The quantitative estimate of drug-likeness (QED) is 0.929. The summed E-state index contributed by atoms with van der Waals surface area (Å²) < 4.78 is 5.17. The van der Waals surface area contributed by atoms with Gasteiger partial charge in [-0.05, 0) is 43.5 Å². The van der Waals surface area contributed by atoms with E-state index in [0.717, 1.165) is 12.1 Å². The molecule has 116 valence electrons. The van der Waals surface area contributed by atoms with Crippen LogP contribution in [0.3, 0.4) is 0 Å². The second kappa shape index (κ2) is 6.40. The minimum Gasteiger partial charge on any atom is -0.501 e. The molecule has 0 aliphatic carbocycles. The Morgan fingerprint density at radius 1 is 1.32 bits per heavy atom. The highest BCUT2D eigenvalue weighted by Gasteiger charge is 2.34. The number of benzene rings is 1. The number of anilines is 1. The maximum absolute atomic E-state index is 12.4. The summed E-state index contributed by atoms with van der Waals surface area (Å²) in [5.41, 5.74) is 1.40. The van der Waals surface area contributed by atoms with Crippen molar-refractivity contribution in [3.63, 3.8) is 0 Å². The van der Waals surface area contributed by atoms with Crippen LogP contribution in [0, 0.1) is 0 Å². The molecule has 0 unspecified atom stereocenters. The largest absolute Gasteiger partial charge is 0.501 e. The first-order valence-electron chi connectivity index (χ1n) is 7.33. The third kappa shape index (κ3) is 3.09. The molecule has 2 heterocycles. The Balaban J connectivity index is 1.65. The van der Waals surface area contributed by atoms with Crippen LogP contribution >= 0.6 is 11.6 Å². The summed E-state index contributed by atoms with van der Waals surface area (Å²) in [6, 6.07) is 6.63. The van der Waals surface area contributed by atoms with Gasteiger partial charge in [0, 0.05) is 17.3 Å². The van der Waals surface area contributed by atoms with Gasteiger partial charge in [0.15, 0.2) is 0 Å². The van der Waals surface area contributed by atoms with E-state index in [2.05, 4.69) is 5.32 Å². The fraction of sp³-hybridized carbons (Fsp3) is 0.375. The predicted octanol–water partition coefficient (Wildman–Crippen LogP) is 2.26. The Morgan fingerprint density at radius 2 is 2.09 bits per heavy atom. The smallest absolute Gasteiger partial charge is 0.250 e. The minimum absolute atomic E-state index is 0.0898. The molecule has 2 amide bonds. The lowest BCUT2D eigenvalue weighted by atomic mass is 10.1. The average Bonchev–Trinajstić information content (AvgIpc) is 2.90. The van der Waals surface area contributed by atoms with Gasteiger partial charge in [-0.15, -0.1) is 0 Å². The third-order valence-electron chi connectivity index (χ3n) is 3.87. The first-order chi connectivity index (χ1) is 10.6. The lowest BCUT2D eigenvalue weighted by Gasteiger charge is -2.18. The van der Waals surface area contributed by atoms with E-state index in [4.69, 9.17) is 16.3 Å². The number of nitrogens with one attached hydrogen (secondary N) is 1. The van der Waals surface area contributed by atoms with Gasteiger partial charge in [0.2, 0.25) is 5.91 Å². The van der Waals surface area contributed by atoms with Crippen LogP contribution in [0.5, 0.6) is 0 Å². The van der Waals surface area contributed by atoms with Crippen molar-refractivity contribution in [3.8, 4) is 0 Å². The number of rotatable bonds is 3. The fourth-order valence-corrected chi connectivity index (χ4v) is 2.80. The maximum Gasteiger partial charge on any atom is 0.250 e. The highest BCUT2D eigenvalue weighted by Crippen LogP contribution is 2.23. The van der Waals surface area contributed by atoms with Gasteiger partial charge in [-0.1, -0.05) is 11.6 Å². The highest BCUT2D eigenvalue weighted by molar-refractivity contribution is 6.30. The monoisotopic (exact) mass is 320 g/mol. The van der Waals surface area contributed by atoms with Gasteiger partial charge in [0.1, 0.15) is 6.04 Å². The molecule has 5 nitrogen and oxygen atoms in total. The molecule has 1 N–H and O–H groups in total. The van der Waals surface area contributed by atoms with Crippen molar-refractivity contribution in [1.82, 2.24) is 5.32 Å². The Kier molecular flexibility index (Phi) is 4.34. The lowest BCUT2D eigenvalue weighted by Crippen LogP contribution is -2.42. The molecule has 0 radical (unpaired) electrons. The summed E-state index contributed by atoms with van der Waals surface area (Å²) in [5, 5.41) is 3.43. The molecule has 0 saturated carbocycles. The van der Waals surface area contributed by atoms with E-state index in [1.165, 1.54) is 6.26 Å². The number of nitrogens with zero attached hydrogens (tertiary/aromatic N) is 1. The highest BCUT2D eigenvalue weighted by atomic mass is 35.5. The van der Waals surface area contributed by atoms with Gasteiger partial charge in [-0.2, -0.15) is 0 Å². The first kappa shape index (κ1) is 14.9. The van der Waals surface area contributed by atoms with E-state index in [1.807, 2.05) is 12.1 Å². The number of amides is 2. The summed E-state index contributed by atoms with van der Waals surface area (Å²) >= 11 is 5.86. The Labute approximate surface area is 133 Å². The molecule has 1 saturated heterocycles. The normalized spacial score (nSPS) is 21.3. The van der Waals surface area contributed by atoms with Crippen molar-refractivity contribution in [2.45, 2.75) is 25.3 Å². The number of carbonyl (C=O) groups excluding carboxylic acids is 2. The van der Waals surface area contributed by atoms with Crippen LogP contribution in [0.15, 0.2) is 36.1 Å². The fourth-order valence-electron chi connectivity index (χ4n) is 2.67. The molecule has 2 aliphatic heterocycles. The molecule has 1 aromatic carbocycles. The maximum atomic E-state index is 12.4. The van der Waals surface area contributed by atoms with Crippen LogP contribution in [-0.2, 0) is 14.3 Å². The number of hydrogen-bond donors (Lipinski definition) is 1. The van der Waals surface area contributed by atoms with Gasteiger partial charge in [-0.3, -0.25) is 9.59 Å². The molecule has 0 aromatic heterocycles. The van der Waals surface area contributed by atoms with Crippen molar-refractivity contribution >= 4 is 29.1 Å². The van der Waals surface area contributed by atoms with Crippen LogP contribution < -0.4 is 10.2 Å². The average molecular weight is 321 g/mol. The van der Waals surface area contributed by atoms with E-state index in [0.29, 0.717) is 36.6 Å². The van der Waals surface area contributed by atoms with E-state index in [-0.39, 0.29) is 11.8 Å². The van der Waals surface area contributed by atoms with E-state index in [9.17, 15) is 9.59 Å². The zero-order valence-electron chi connectivity index (χ0n) is 12.0. The third-order valence-corrected chi connectivity index (χ3v) is 4.13. The summed E-state index contributed by atoms with van der Waals surface area (Å²) in [4.78, 5) is 26.3. The van der Waals surface area contributed by atoms with Crippen molar-refractivity contribution < 1.29 is 14.3 Å². The standard InChI is InChI=1S/C16H17ClN2O3/c17-12-3-5-13(6-4-12)19-8-7-14(16(19)21)18-15(20)11-2-1-9-22-10-11/h3-6,10,14H,1-2,7-9H2,(H,18,20)/t14-/m0/s1. The van der Waals surface area contributed by atoms with E-state index < -0.39 is 6.04 Å². The molecule has 0 spiro atoms. The molecule has 0 bridgehead atoms. The van der Waals surface area contributed by atoms with Crippen LogP contribution in [0.1, 0.15) is 19.3 Å². The topological polar surface area (TPSA) is 58.6 Å². The van der Waals surface area contributed by atoms with E-state index in [1.54, 1.807) is 17.0 Å². The SMILES string of the molecule is O=C(N[C@H]1CCN(c2ccc(Cl)cc2)C1=O)C1=COCCC1. The molecule has 6 heteroatoms.